The van der Waals surface area contributed by atoms with Gasteiger partial charge in [-0.15, -0.1) is 0 Å². The zero-order valence-corrected chi connectivity index (χ0v) is 17.2. The fourth-order valence-electron chi connectivity index (χ4n) is 3.40. The Kier molecular flexibility index (Phi) is 6.32. The first-order chi connectivity index (χ1) is 15.6. The van der Waals surface area contributed by atoms with Crippen molar-refractivity contribution >= 4 is 17.6 Å². The highest BCUT2D eigenvalue weighted by atomic mass is 16.4. The number of carbonyl (C=O) groups is 2. The number of aromatic carboxylic acids is 1. The maximum absolute atomic E-state index is 12.9. The lowest BCUT2D eigenvalue weighted by Crippen LogP contribution is -2.17. The van der Waals surface area contributed by atoms with Crippen LogP contribution in [0.4, 0.5) is 5.69 Å². The van der Waals surface area contributed by atoms with E-state index in [-0.39, 0.29) is 16.9 Å². The maximum Gasteiger partial charge on any atom is 0.337 e. The van der Waals surface area contributed by atoms with Crippen LogP contribution in [0.15, 0.2) is 91.3 Å². The number of rotatable bonds is 7. The van der Waals surface area contributed by atoms with Crippen molar-refractivity contribution in [2.24, 2.45) is 0 Å². The fraction of sp³-hybridized carbons (Fsp3) is 0.0769. The number of carboxylic acids is 1. The quantitative estimate of drug-likeness (QED) is 0.442. The van der Waals surface area contributed by atoms with Crippen LogP contribution < -0.4 is 5.32 Å². The third-order valence-corrected chi connectivity index (χ3v) is 5.08. The second-order valence-electron chi connectivity index (χ2n) is 7.28. The first-order valence-corrected chi connectivity index (χ1v) is 10.2. The van der Waals surface area contributed by atoms with Crippen LogP contribution in [-0.4, -0.2) is 27.0 Å². The summed E-state index contributed by atoms with van der Waals surface area (Å²) in [4.78, 5) is 32.9. The molecule has 0 fully saturated rings. The molecule has 0 saturated heterocycles. The number of nitrogens with zero attached hydrogens (tertiary/aromatic N) is 2. The molecule has 6 heteroatoms. The van der Waals surface area contributed by atoms with Crippen molar-refractivity contribution in [1.29, 1.82) is 0 Å². The molecule has 1 heterocycles. The Morgan fingerprint density at radius 1 is 0.781 bits per heavy atom. The van der Waals surface area contributed by atoms with E-state index in [1.165, 1.54) is 18.0 Å². The van der Waals surface area contributed by atoms with Crippen molar-refractivity contribution in [1.82, 2.24) is 9.97 Å². The van der Waals surface area contributed by atoms with Gasteiger partial charge >= 0.3 is 5.97 Å². The van der Waals surface area contributed by atoms with Crippen molar-refractivity contribution in [3.05, 3.63) is 114 Å². The second-order valence-corrected chi connectivity index (χ2v) is 7.28. The molecule has 0 aliphatic heterocycles. The Balaban J connectivity index is 1.56. The first kappa shape index (κ1) is 20.9. The number of aryl methyl sites for hydroxylation is 2. The average molecular weight is 423 g/mol. The molecular weight excluding hydrogens is 402 g/mol. The molecule has 1 amide bonds. The summed E-state index contributed by atoms with van der Waals surface area (Å²) < 4.78 is 0. The van der Waals surface area contributed by atoms with Crippen molar-refractivity contribution in [3.63, 3.8) is 0 Å². The lowest BCUT2D eigenvalue weighted by atomic mass is 10.0. The Morgan fingerprint density at radius 3 is 2.19 bits per heavy atom. The molecule has 1 aromatic heterocycles. The minimum atomic E-state index is -1.11. The van der Waals surface area contributed by atoms with Crippen molar-refractivity contribution in [2.45, 2.75) is 12.8 Å². The topological polar surface area (TPSA) is 92.2 Å². The lowest BCUT2D eigenvalue weighted by molar-refractivity contribution is 0.0698. The largest absolute Gasteiger partial charge is 0.478 e. The molecule has 158 valence electrons. The van der Waals surface area contributed by atoms with Gasteiger partial charge in [0.05, 0.1) is 16.9 Å². The van der Waals surface area contributed by atoms with Gasteiger partial charge in [0, 0.05) is 5.56 Å². The summed E-state index contributed by atoms with van der Waals surface area (Å²) in [6, 6.07) is 26.1. The molecule has 0 radical (unpaired) electrons. The first-order valence-electron chi connectivity index (χ1n) is 10.2. The third-order valence-electron chi connectivity index (χ3n) is 5.08. The molecule has 32 heavy (non-hydrogen) atoms. The summed E-state index contributed by atoms with van der Waals surface area (Å²) >= 11 is 0. The van der Waals surface area contributed by atoms with Gasteiger partial charge in [-0.05, 0) is 42.2 Å². The van der Waals surface area contributed by atoms with Crippen LogP contribution in [-0.2, 0) is 12.8 Å². The Labute approximate surface area is 185 Å². The maximum atomic E-state index is 12.9. The highest BCUT2D eigenvalue weighted by Crippen LogP contribution is 2.21. The zero-order valence-electron chi connectivity index (χ0n) is 17.2. The number of nitrogens with one attached hydrogen (secondary N) is 1. The van der Waals surface area contributed by atoms with Gasteiger partial charge in [-0.3, -0.25) is 4.79 Å². The molecular formula is C26H21N3O3. The minimum absolute atomic E-state index is 0.0270. The van der Waals surface area contributed by atoms with Crippen LogP contribution in [0, 0.1) is 0 Å². The molecule has 4 rings (SSSR count). The monoisotopic (exact) mass is 423 g/mol. The highest BCUT2D eigenvalue weighted by molar-refractivity contribution is 6.07. The van der Waals surface area contributed by atoms with E-state index in [1.54, 1.807) is 18.2 Å². The fourth-order valence-corrected chi connectivity index (χ4v) is 3.40. The number of aromatic nitrogens is 2. The number of benzene rings is 3. The van der Waals surface area contributed by atoms with Crippen LogP contribution in [0.5, 0.6) is 0 Å². The van der Waals surface area contributed by atoms with Gasteiger partial charge in [-0.25, -0.2) is 14.8 Å². The molecule has 0 spiro atoms. The van der Waals surface area contributed by atoms with Crippen LogP contribution >= 0.6 is 0 Å². The Morgan fingerprint density at radius 2 is 1.47 bits per heavy atom. The number of carbonyl (C=O) groups excluding carboxylic acids is 1. The molecule has 0 atom stereocenters. The molecule has 0 unspecified atom stereocenters. The van der Waals surface area contributed by atoms with Crippen LogP contribution in [0.25, 0.3) is 11.3 Å². The molecule has 6 nitrogen and oxygen atoms in total. The zero-order chi connectivity index (χ0) is 22.3. The smallest absolute Gasteiger partial charge is 0.337 e. The summed E-state index contributed by atoms with van der Waals surface area (Å²) in [6.45, 7) is 0. The highest BCUT2D eigenvalue weighted by Gasteiger charge is 2.16. The normalized spacial score (nSPS) is 10.5. The van der Waals surface area contributed by atoms with Crippen LogP contribution in [0.2, 0.25) is 0 Å². The van der Waals surface area contributed by atoms with Gasteiger partial charge in [0.1, 0.15) is 12.0 Å². The number of amides is 1. The summed E-state index contributed by atoms with van der Waals surface area (Å²) in [5, 5.41) is 12.3. The van der Waals surface area contributed by atoms with E-state index in [0.717, 1.165) is 24.0 Å². The van der Waals surface area contributed by atoms with Gasteiger partial charge in [0.2, 0.25) is 0 Å². The van der Waals surface area contributed by atoms with E-state index in [1.807, 2.05) is 60.7 Å². The Bertz CT molecular complexity index is 1240. The predicted molar refractivity (Wildman–Crippen MR) is 123 cm³/mol. The van der Waals surface area contributed by atoms with Crippen molar-refractivity contribution in [2.75, 3.05) is 5.32 Å². The van der Waals surface area contributed by atoms with Gasteiger partial charge < -0.3 is 10.4 Å². The van der Waals surface area contributed by atoms with Crippen LogP contribution in [0.1, 0.15) is 32.0 Å². The van der Waals surface area contributed by atoms with Crippen molar-refractivity contribution in [3.8, 4) is 11.3 Å². The Hall–Kier alpha value is -4.32. The molecule has 0 aliphatic carbocycles. The standard InChI is InChI=1S/C26H21N3O3/c30-25(24-16-22(27-17-28-24)20-9-5-2-6-10-20)29-23-15-19(13-14-21(23)26(31)32)12-11-18-7-3-1-4-8-18/h1-10,13-17H,11-12H2,(H,29,30)(H,31,32). The second kappa shape index (κ2) is 9.66. The van der Waals surface area contributed by atoms with E-state index in [9.17, 15) is 14.7 Å². The molecule has 0 aliphatic rings. The number of anilines is 1. The van der Waals surface area contributed by atoms with Gasteiger partial charge in [0.25, 0.3) is 5.91 Å². The lowest BCUT2D eigenvalue weighted by Gasteiger charge is -2.11. The number of hydrogen-bond donors (Lipinski definition) is 2. The van der Waals surface area contributed by atoms with Gasteiger partial charge in [-0.2, -0.15) is 0 Å². The van der Waals surface area contributed by atoms with E-state index < -0.39 is 11.9 Å². The van der Waals surface area contributed by atoms with E-state index >= 15 is 0 Å². The third kappa shape index (κ3) is 5.05. The molecule has 0 saturated carbocycles. The van der Waals surface area contributed by atoms with Crippen molar-refractivity contribution < 1.29 is 14.7 Å². The molecule has 0 bridgehead atoms. The van der Waals surface area contributed by atoms with E-state index in [2.05, 4.69) is 15.3 Å². The van der Waals surface area contributed by atoms with Crippen LogP contribution in [0.3, 0.4) is 0 Å². The summed E-state index contributed by atoms with van der Waals surface area (Å²) in [6.07, 6.45) is 2.86. The summed E-state index contributed by atoms with van der Waals surface area (Å²) in [7, 11) is 0. The SMILES string of the molecule is O=C(Nc1cc(CCc2ccccc2)ccc1C(=O)O)c1cc(-c2ccccc2)ncn1. The average Bonchev–Trinajstić information content (AvgIpc) is 2.84. The van der Waals surface area contributed by atoms with E-state index in [4.69, 9.17) is 0 Å². The molecule has 2 N–H and O–H groups in total. The minimum Gasteiger partial charge on any atom is -0.478 e. The number of hydrogen-bond acceptors (Lipinski definition) is 4. The predicted octanol–water partition coefficient (Wildman–Crippen LogP) is 4.88. The molecule has 4 aromatic rings. The summed E-state index contributed by atoms with van der Waals surface area (Å²) in [5.74, 6) is -1.60. The van der Waals surface area contributed by atoms with E-state index in [0.29, 0.717) is 5.69 Å². The molecule has 3 aromatic carbocycles. The van der Waals surface area contributed by atoms with Gasteiger partial charge in [-0.1, -0.05) is 66.7 Å². The van der Waals surface area contributed by atoms with Gasteiger partial charge in [0.15, 0.2) is 0 Å². The summed E-state index contributed by atoms with van der Waals surface area (Å²) in [5.41, 5.74) is 4.02. The number of carboxylic acid groups (broad SMARTS) is 1.